The van der Waals surface area contributed by atoms with Crippen LogP contribution in [-0.2, 0) is 16.0 Å². The first kappa shape index (κ1) is 19.2. The third-order valence-corrected chi connectivity index (χ3v) is 4.43. The maximum Gasteiger partial charge on any atom is 0.229 e. The van der Waals surface area contributed by atoms with Crippen molar-refractivity contribution >= 4 is 16.9 Å². The average Bonchev–Trinajstić information content (AvgIpc) is 2.57. The lowest BCUT2D eigenvalue weighted by atomic mass is 9.99. The zero-order chi connectivity index (χ0) is 17.7. The van der Waals surface area contributed by atoms with Crippen molar-refractivity contribution in [3.63, 3.8) is 0 Å². The Labute approximate surface area is 144 Å². The van der Waals surface area contributed by atoms with Crippen molar-refractivity contribution in [2.24, 2.45) is 0 Å². The van der Waals surface area contributed by atoms with Crippen LogP contribution >= 0.6 is 11.8 Å². The molecule has 1 aromatic carbocycles. The highest BCUT2D eigenvalue weighted by Crippen LogP contribution is 2.24. The predicted molar refractivity (Wildman–Crippen MR) is 87.7 cm³/mol. The minimum Gasteiger partial charge on any atom is -0.462 e. The second-order valence-electron chi connectivity index (χ2n) is 5.44. The van der Waals surface area contributed by atoms with Crippen LogP contribution in [0.2, 0.25) is 0 Å². The normalized spacial score (nSPS) is 30.1. The van der Waals surface area contributed by atoms with Crippen LogP contribution in [0, 0.1) is 0 Å². The van der Waals surface area contributed by atoms with Gasteiger partial charge < -0.3 is 29.9 Å². The molecule has 0 unspecified atom stereocenters. The van der Waals surface area contributed by atoms with Crippen molar-refractivity contribution in [3.05, 3.63) is 29.8 Å². The van der Waals surface area contributed by atoms with Gasteiger partial charge in [-0.3, -0.25) is 4.79 Å². The molecule has 0 aliphatic carbocycles. The van der Waals surface area contributed by atoms with Gasteiger partial charge in [0.15, 0.2) is 5.12 Å². The molecule has 0 bridgehead atoms. The van der Waals surface area contributed by atoms with E-state index in [0.717, 1.165) is 11.3 Å². The van der Waals surface area contributed by atoms with Crippen molar-refractivity contribution in [1.29, 1.82) is 0 Å². The first-order valence-corrected chi connectivity index (χ1v) is 8.66. The minimum atomic E-state index is -1.48. The Hall–Kier alpha value is -1.16. The van der Waals surface area contributed by atoms with E-state index in [1.807, 2.05) is 6.92 Å². The lowest BCUT2D eigenvalue weighted by Crippen LogP contribution is -2.60. The van der Waals surface area contributed by atoms with Crippen LogP contribution in [0.3, 0.4) is 0 Å². The molecule has 1 heterocycles. The zero-order valence-electron chi connectivity index (χ0n) is 13.2. The van der Waals surface area contributed by atoms with E-state index in [4.69, 9.17) is 14.6 Å². The number of hydrogen-bond acceptors (Lipinski definition) is 8. The van der Waals surface area contributed by atoms with Crippen LogP contribution in [0.25, 0.3) is 0 Å². The Morgan fingerprint density at radius 2 is 1.83 bits per heavy atom. The molecule has 1 aromatic rings. The van der Waals surface area contributed by atoms with Gasteiger partial charge in [-0.05, 0) is 23.4 Å². The zero-order valence-corrected chi connectivity index (χ0v) is 14.1. The largest absolute Gasteiger partial charge is 0.462 e. The Morgan fingerprint density at radius 1 is 1.17 bits per heavy atom. The number of rotatable bonds is 6. The van der Waals surface area contributed by atoms with Crippen molar-refractivity contribution < 1.29 is 34.7 Å². The number of carbonyl (C=O) groups is 1. The standard InChI is InChI=1S/C16H22O7S/c1-2-24-12(18)7-9-3-5-10(6-4-9)22-16-15(21)14(20)13(19)11(8-17)23-16/h3-6,11,13-17,19-21H,2,7-8H2,1H3/t11-,13-,14+,15+,16+/m1/s1. The molecule has 0 aromatic heterocycles. The quantitative estimate of drug-likeness (QED) is 0.547. The second-order valence-corrected chi connectivity index (χ2v) is 6.76. The summed E-state index contributed by atoms with van der Waals surface area (Å²) in [4.78, 5) is 11.6. The second kappa shape index (κ2) is 8.80. The van der Waals surface area contributed by atoms with Crippen LogP contribution in [0.15, 0.2) is 24.3 Å². The number of aliphatic hydroxyl groups is 4. The smallest absolute Gasteiger partial charge is 0.229 e. The van der Waals surface area contributed by atoms with Gasteiger partial charge in [-0.2, -0.15) is 0 Å². The number of aliphatic hydroxyl groups excluding tert-OH is 4. The Bertz CT molecular complexity index is 534. The summed E-state index contributed by atoms with van der Waals surface area (Å²) in [7, 11) is 0. The lowest BCUT2D eigenvalue weighted by molar-refractivity contribution is -0.277. The van der Waals surface area contributed by atoms with Crippen molar-refractivity contribution in [2.45, 2.75) is 44.1 Å². The van der Waals surface area contributed by atoms with Crippen LogP contribution in [0.4, 0.5) is 0 Å². The van der Waals surface area contributed by atoms with Crippen molar-refractivity contribution in [3.8, 4) is 5.75 Å². The van der Waals surface area contributed by atoms with E-state index in [2.05, 4.69) is 0 Å². The summed E-state index contributed by atoms with van der Waals surface area (Å²) in [5.74, 6) is 1.11. The fourth-order valence-corrected chi connectivity index (χ4v) is 2.95. The predicted octanol–water partition coefficient (Wildman–Crippen LogP) is -0.313. The molecule has 1 aliphatic heterocycles. The number of thioether (sulfide) groups is 1. The number of carbonyl (C=O) groups excluding carboxylic acids is 1. The van der Waals surface area contributed by atoms with Crippen molar-refractivity contribution in [1.82, 2.24) is 0 Å². The van der Waals surface area contributed by atoms with Crippen LogP contribution in [0.5, 0.6) is 5.75 Å². The molecular formula is C16H22O7S. The maximum atomic E-state index is 11.6. The summed E-state index contributed by atoms with van der Waals surface area (Å²) < 4.78 is 10.8. The highest BCUT2D eigenvalue weighted by atomic mass is 32.2. The number of hydrogen-bond donors (Lipinski definition) is 4. The highest BCUT2D eigenvalue weighted by molar-refractivity contribution is 8.13. The molecule has 7 nitrogen and oxygen atoms in total. The molecule has 1 fully saturated rings. The van der Waals surface area contributed by atoms with Gasteiger partial charge in [-0.1, -0.05) is 30.8 Å². The summed E-state index contributed by atoms with van der Waals surface area (Å²) in [6, 6.07) is 6.71. The summed E-state index contributed by atoms with van der Waals surface area (Å²) in [5.41, 5.74) is 0.835. The Morgan fingerprint density at radius 3 is 2.42 bits per heavy atom. The number of benzene rings is 1. The molecule has 0 radical (unpaired) electrons. The first-order valence-electron chi connectivity index (χ1n) is 7.68. The molecule has 8 heteroatoms. The molecular weight excluding hydrogens is 336 g/mol. The van der Waals surface area contributed by atoms with Gasteiger partial charge in [0.1, 0.15) is 30.2 Å². The molecule has 1 saturated heterocycles. The molecule has 1 aliphatic rings. The van der Waals surface area contributed by atoms with E-state index in [1.165, 1.54) is 11.8 Å². The molecule has 0 saturated carbocycles. The molecule has 2 rings (SSSR count). The van der Waals surface area contributed by atoms with Gasteiger partial charge in [0.25, 0.3) is 0 Å². The summed E-state index contributed by atoms with van der Waals surface area (Å²) in [6.07, 6.45) is -6.28. The van der Waals surface area contributed by atoms with E-state index in [1.54, 1.807) is 24.3 Å². The topological polar surface area (TPSA) is 116 Å². The van der Waals surface area contributed by atoms with E-state index in [-0.39, 0.29) is 5.12 Å². The molecule has 134 valence electrons. The number of ether oxygens (including phenoxy) is 2. The monoisotopic (exact) mass is 358 g/mol. The fourth-order valence-electron chi connectivity index (χ4n) is 2.36. The van der Waals surface area contributed by atoms with Gasteiger partial charge in [-0.25, -0.2) is 0 Å². The maximum absolute atomic E-state index is 11.6. The molecule has 0 spiro atoms. The fraction of sp³-hybridized carbons (Fsp3) is 0.562. The van der Waals surface area contributed by atoms with Crippen LogP contribution in [-0.4, -0.2) is 68.6 Å². The Balaban J connectivity index is 1.98. The summed E-state index contributed by atoms with van der Waals surface area (Å²) in [5, 5.41) is 38.6. The van der Waals surface area contributed by atoms with E-state index in [0.29, 0.717) is 12.2 Å². The average molecular weight is 358 g/mol. The van der Waals surface area contributed by atoms with Gasteiger partial charge in [0.2, 0.25) is 6.29 Å². The molecule has 4 N–H and O–H groups in total. The molecule has 5 atom stereocenters. The lowest BCUT2D eigenvalue weighted by Gasteiger charge is -2.39. The van der Waals surface area contributed by atoms with Crippen LogP contribution in [0.1, 0.15) is 12.5 Å². The third-order valence-electron chi connectivity index (χ3n) is 3.68. The Kier molecular flexibility index (Phi) is 7.02. The van der Waals surface area contributed by atoms with Gasteiger partial charge in [0.05, 0.1) is 6.61 Å². The van der Waals surface area contributed by atoms with Gasteiger partial charge in [0, 0.05) is 6.42 Å². The summed E-state index contributed by atoms with van der Waals surface area (Å²) in [6.45, 7) is 1.40. The first-order chi connectivity index (χ1) is 11.5. The third kappa shape index (κ3) is 4.69. The van der Waals surface area contributed by atoms with E-state index < -0.39 is 37.3 Å². The molecule has 24 heavy (non-hydrogen) atoms. The SMILES string of the molecule is CCSC(=O)Cc1ccc(O[C@H]2O[C@H](CO)[C@@H](O)[C@H](O)[C@@H]2O)cc1. The van der Waals surface area contributed by atoms with Crippen molar-refractivity contribution in [2.75, 3.05) is 12.4 Å². The summed E-state index contributed by atoms with van der Waals surface area (Å²) >= 11 is 1.26. The van der Waals surface area contributed by atoms with E-state index in [9.17, 15) is 20.1 Å². The van der Waals surface area contributed by atoms with Gasteiger partial charge >= 0.3 is 0 Å². The van der Waals surface area contributed by atoms with Crippen LogP contribution < -0.4 is 4.74 Å². The van der Waals surface area contributed by atoms with E-state index >= 15 is 0 Å². The highest BCUT2D eigenvalue weighted by Gasteiger charge is 2.44. The van der Waals surface area contributed by atoms with Gasteiger partial charge in [-0.15, -0.1) is 0 Å². The minimum absolute atomic E-state index is 0.0834. The molecule has 0 amide bonds.